The zero-order chi connectivity index (χ0) is 15.2. The van der Waals surface area contributed by atoms with Crippen LogP contribution in [-0.2, 0) is 6.42 Å². The molecule has 1 aliphatic rings. The lowest BCUT2D eigenvalue weighted by atomic mass is 9.91. The Labute approximate surface area is 128 Å². The van der Waals surface area contributed by atoms with Crippen LogP contribution in [0.3, 0.4) is 0 Å². The highest BCUT2D eigenvalue weighted by molar-refractivity contribution is 5.41. The molecular formula is C18H29NO2. The zero-order valence-corrected chi connectivity index (χ0v) is 13.7. The molecule has 1 saturated carbocycles. The maximum Gasteiger partial charge on any atom is 0.128 e. The summed E-state index contributed by atoms with van der Waals surface area (Å²) in [4.78, 5) is 4.50. The number of aliphatic hydroxyl groups is 1. The quantitative estimate of drug-likeness (QED) is 0.835. The van der Waals surface area contributed by atoms with Crippen LogP contribution in [0.25, 0.3) is 0 Å². The van der Waals surface area contributed by atoms with Crippen molar-refractivity contribution < 1.29 is 9.84 Å². The first-order valence-corrected chi connectivity index (χ1v) is 8.29. The molecule has 0 bridgehead atoms. The van der Waals surface area contributed by atoms with Crippen molar-refractivity contribution in [3.63, 3.8) is 0 Å². The van der Waals surface area contributed by atoms with Gasteiger partial charge in [-0.3, -0.25) is 4.98 Å². The van der Waals surface area contributed by atoms with Crippen molar-refractivity contribution in [2.75, 3.05) is 7.11 Å². The number of rotatable bonds is 5. The molecule has 2 rings (SSSR count). The second kappa shape index (κ2) is 7.79. The van der Waals surface area contributed by atoms with Gasteiger partial charge in [-0.2, -0.15) is 0 Å². The molecule has 1 aromatic heterocycles. The summed E-state index contributed by atoms with van der Waals surface area (Å²) in [5.74, 6) is 1.59. The lowest BCUT2D eigenvalue weighted by Gasteiger charge is -2.19. The standard InChI is InChI=1S/C18H29NO2/c1-13-12-19-17(14(2)18(13)21-3)11-16(20)10-15-8-6-4-5-7-9-15/h12,15-16,20H,4-11H2,1-3H3. The topological polar surface area (TPSA) is 42.4 Å². The molecule has 0 aromatic carbocycles. The Bertz CT molecular complexity index is 451. The van der Waals surface area contributed by atoms with E-state index in [4.69, 9.17) is 4.74 Å². The molecule has 0 aliphatic heterocycles. The van der Waals surface area contributed by atoms with Crippen LogP contribution in [0.15, 0.2) is 6.20 Å². The number of methoxy groups -OCH3 is 1. The van der Waals surface area contributed by atoms with Crippen LogP contribution in [-0.4, -0.2) is 23.3 Å². The summed E-state index contributed by atoms with van der Waals surface area (Å²) >= 11 is 0. The molecule has 1 aliphatic carbocycles. The van der Waals surface area contributed by atoms with Gasteiger partial charge in [-0.15, -0.1) is 0 Å². The number of hydrogen-bond acceptors (Lipinski definition) is 3. The van der Waals surface area contributed by atoms with E-state index in [9.17, 15) is 5.11 Å². The van der Waals surface area contributed by atoms with Gasteiger partial charge in [0.2, 0.25) is 0 Å². The van der Waals surface area contributed by atoms with Crippen LogP contribution in [0.5, 0.6) is 5.75 Å². The molecule has 1 N–H and O–H groups in total. The second-order valence-electron chi connectivity index (χ2n) is 6.50. The van der Waals surface area contributed by atoms with Crippen LogP contribution >= 0.6 is 0 Å². The smallest absolute Gasteiger partial charge is 0.128 e. The first-order valence-electron chi connectivity index (χ1n) is 8.29. The van der Waals surface area contributed by atoms with Crippen LogP contribution < -0.4 is 4.74 Å². The van der Waals surface area contributed by atoms with E-state index in [1.165, 1.54) is 38.5 Å². The van der Waals surface area contributed by atoms with Gasteiger partial charge in [0.25, 0.3) is 0 Å². The molecule has 1 fully saturated rings. The number of hydrogen-bond donors (Lipinski definition) is 1. The minimum atomic E-state index is -0.285. The fraction of sp³-hybridized carbons (Fsp3) is 0.722. The summed E-state index contributed by atoms with van der Waals surface area (Å²) in [6.45, 7) is 4.04. The third kappa shape index (κ3) is 4.44. The maximum absolute atomic E-state index is 10.4. The summed E-state index contributed by atoms with van der Waals surface area (Å²) in [7, 11) is 1.70. The number of aromatic nitrogens is 1. The molecular weight excluding hydrogens is 262 g/mol. The Morgan fingerprint density at radius 1 is 1.24 bits per heavy atom. The van der Waals surface area contributed by atoms with E-state index in [1.807, 2.05) is 20.0 Å². The SMILES string of the molecule is COc1c(C)cnc(CC(O)CC2CCCCCC2)c1C. The minimum absolute atomic E-state index is 0.285. The first-order chi connectivity index (χ1) is 10.1. The van der Waals surface area contributed by atoms with E-state index in [0.717, 1.165) is 29.0 Å². The van der Waals surface area contributed by atoms with E-state index in [1.54, 1.807) is 7.11 Å². The Balaban J connectivity index is 1.97. The molecule has 1 unspecified atom stereocenters. The van der Waals surface area contributed by atoms with Gasteiger partial charge in [-0.05, 0) is 26.2 Å². The molecule has 1 aromatic rings. The van der Waals surface area contributed by atoms with Crippen molar-refractivity contribution in [2.24, 2.45) is 5.92 Å². The van der Waals surface area contributed by atoms with Crippen molar-refractivity contribution in [3.8, 4) is 5.75 Å². The normalized spacial score (nSPS) is 18.3. The predicted octanol–water partition coefficient (Wildman–Crippen LogP) is 3.97. The number of nitrogens with zero attached hydrogens (tertiary/aromatic N) is 1. The fourth-order valence-corrected chi connectivity index (χ4v) is 3.57. The lowest BCUT2D eigenvalue weighted by molar-refractivity contribution is 0.136. The lowest BCUT2D eigenvalue weighted by Crippen LogP contribution is -2.17. The molecule has 118 valence electrons. The Morgan fingerprint density at radius 2 is 1.90 bits per heavy atom. The van der Waals surface area contributed by atoms with Gasteiger partial charge in [-0.1, -0.05) is 38.5 Å². The van der Waals surface area contributed by atoms with Gasteiger partial charge in [0, 0.05) is 29.4 Å². The highest BCUT2D eigenvalue weighted by atomic mass is 16.5. The van der Waals surface area contributed by atoms with E-state index in [2.05, 4.69) is 4.98 Å². The summed E-state index contributed by atoms with van der Waals surface area (Å²) in [6.07, 6.45) is 11.0. The minimum Gasteiger partial charge on any atom is -0.496 e. The second-order valence-corrected chi connectivity index (χ2v) is 6.50. The van der Waals surface area contributed by atoms with Crippen molar-refractivity contribution in [3.05, 3.63) is 23.0 Å². The molecule has 1 atom stereocenters. The Hall–Kier alpha value is -1.09. The average Bonchev–Trinajstić information content (AvgIpc) is 2.71. The van der Waals surface area contributed by atoms with Crippen molar-refractivity contribution in [1.82, 2.24) is 4.98 Å². The van der Waals surface area contributed by atoms with E-state index >= 15 is 0 Å². The third-order valence-corrected chi connectivity index (χ3v) is 4.76. The molecule has 21 heavy (non-hydrogen) atoms. The van der Waals surface area contributed by atoms with E-state index in [-0.39, 0.29) is 6.10 Å². The number of pyridine rings is 1. The summed E-state index contributed by atoms with van der Waals surface area (Å²) < 4.78 is 5.44. The number of aryl methyl sites for hydroxylation is 1. The zero-order valence-electron chi connectivity index (χ0n) is 13.7. The van der Waals surface area contributed by atoms with Crippen molar-refractivity contribution in [2.45, 2.75) is 71.3 Å². The Morgan fingerprint density at radius 3 is 2.52 bits per heavy atom. The highest BCUT2D eigenvalue weighted by Gasteiger charge is 2.19. The van der Waals surface area contributed by atoms with E-state index in [0.29, 0.717) is 12.3 Å². The maximum atomic E-state index is 10.4. The molecule has 0 saturated heterocycles. The molecule has 1 heterocycles. The van der Waals surface area contributed by atoms with Gasteiger partial charge in [0.15, 0.2) is 0 Å². The fourth-order valence-electron chi connectivity index (χ4n) is 3.57. The number of ether oxygens (including phenoxy) is 1. The third-order valence-electron chi connectivity index (χ3n) is 4.76. The van der Waals surface area contributed by atoms with Crippen LogP contribution in [0.2, 0.25) is 0 Å². The average molecular weight is 291 g/mol. The van der Waals surface area contributed by atoms with Crippen LogP contribution in [0, 0.1) is 19.8 Å². The molecule has 3 nitrogen and oxygen atoms in total. The van der Waals surface area contributed by atoms with Crippen molar-refractivity contribution in [1.29, 1.82) is 0 Å². The first kappa shape index (κ1) is 16.3. The van der Waals surface area contributed by atoms with Gasteiger partial charge < -0.3 is 9.84 Å². The molecule has 0 spiro atoms. The summed E-state index contributed by atoms with van der Waals surface area (Å²) in [5, 5.41) is 10.4. The predicted molar refractivity (Wildman–Crippen MR) is 85.8 cm³/mol. The van der Waals surface area contributed by atoms with Crippen LogP contribution in [0.4, 0.5) is 0 Å². The summed E-state index contributed by atoms with van der Waals surface area (Å²) in [6, 6.07) is 0. The highest BCUT2D eigenvalue weighted by Crippen LogP contribution is 2.29. The number of aliphatic hydroxyl groups excluding tert-OH is 1. The van der Waals surface area contributed by atoms with Crippen LogP contribution in [0.1, 0.15) is 61.8 Å². The van der Waals surface area contributed by atoms with Crippen molar-refractivity contribution >= 4 is 0 Å². The Kier molecular flexibility index (Phi) is 6.04. The largest absolute Gasteiger partial charge is 0.496 e. The van der Waals surface area contributed by atoms with Gasteiger partial charge in [0.1, 0.15) is 5.75 Å². The summed E-state index contributed by atoms with van der Waals surface area (Å²) in [5.41, 5.74) is 3.09. The van der Waals surface area contributed by atoms with Gasteiger partial charge in [-0.25, -0.2) is 0 Å². The molecule has 0 radical (unpaired) electrons. The van der Waals surface area contributed by atoms with Gasteiger partial charge in [0.05, 0.1) is 13.2 Å². The molecule has 0 amide bonds. The molecule has 3 heteroatoms. The van der Waals surface area contributed by atoms with Gasteiger partial charge >= 0.3 is 0 Å². The monoisotopic (exact) mass is 291 g/mol. The van der Waals surface area contributed by atoms with E-state index < -0.39 is 0 Å².